The van der Waals surface area contributed by atoms with Crippen LogP contribution in [0.2, 0.25) is 0 Å². The molecule has 0 amide bonds. The van der Waals surface area contributed by atoms with Crippen LogP contribution in [0, 0.1) is 0 Å². The van der Waals surface area contributed by atoms with Gasteiger partial charge in [-0.2, -0.15) is 0 Å². The molecule has 0 aromatic carbocycles. The highest BCUT2D eigenvalue weighted by Crippen LogP contribution is 2.07. The average Bonchev–Trinajstić information content (AvgIpc) is 2.37. The molecule has 0 fully saturated rings. The number of nitrogens with zero attached hydrogens (tertiary/aromatic N) is 2. The second kappa shape index (κ2) is 7.44. The molecule has 3 N–H and O–H groups in total. The average molecular weight is 281 g/mol. The fourth-order valence-electron chi connectivity index (χ4n) is 1.67. The van der Waals surface area contributed by atoms with E-state index in [0.29, 0.717) is 6.54 Å². The molecule has 0 saturated carbocycles. The van der Waals surface area contributed by atoms with Crippen LogP contribution in [0.15, 0.2) is 27.2 Å². The summed E-state index contributed by atoms with van der Waals surface area (Å²) in [5.41, 5.74) is -1.32. The number of aromatic hydroxyl groups is 1. The number of rotatable bonds is 7. The molecule has 0 aliphatic carbocycles. The standard InChI is InChI=1S/C13H20N4O3/c1-4-7-17-12(19)10(11(18)15-13(17)20)9-14-6-5-8-16(2)3/h4,9,19H,1,5-8H2,2-3H3,(H,15,18,20)/p+1. The Morgan fingerprint density at radius 2 is 2.15 bits per heavy atom. The Morgan fingerprint density at radius 3 is 2.75 bits per heavy atom. The number of aliphatic imine (C=N–C) groups is 1. The minimum atomic E-state index is -0.666. The van der Waals surface area contributed by atoms with Gasteiger partial charge < -0.3 is 10.0 Å². The minimum Gasteiger partial charge on any atom is -0.494 e. The number of nitrogens with one attached hydrogen (secondary N) is 2. The van der Waals surface area contributed by atoms with Crippen molar-refractivity contribution in [2.75, 3.05) is 27.2 Å². The highest BCUT2D eigenvalue weighted by Gasteiger charge is 2.11. The van der Waals surface area contributed by atoms with Crippen molar-refractivity contribution in [3.63, 3.8) is 0 Å². The van der Waals surface area contributed by atoms with E-state index >= 15 is 0 Å². The zero-order valence-corrected chi connectivity index (χ0v) is 11.8. The SMILES string of the molecule is C=CCn1c(O)c(C=NCCC[NH+](C)C)c(=O)[nH]c1=O. The number of H-pyrrole nitrogens is 1. The van der Waals surface area contributed by atoms with Gasteiger partial charge in [-0.3, -0.25) is 19.3 Å². The number of aromatic nitrogens is 2. The van der Waals surface area contributed by atoms with Crippen molar-refractivity contribution < 1.29 is 10.0 Å². The third-order valence-corrected chi connectivity index (χ3v) is 2.70. The Hall–Kier alpha value is -2.15. The van der Waals surface area contributed by atoms with Gasteiger partial charge in [0, 0.05) is 25.7 Å². The molecule has 0 bridgehead atoms. The number of aromatic amines is 1. The molecule has 0 saturated heterocycles. The Balaban J connectivity index is 2.92. The summed E-state index contributed by atoms with van der Waals surface area (Å²) in [6.45, 7) is 5.14. The van der Waals surface area contributed by atoms with Crippen molar-refractivity contribution in [2.24, 2.45) is 4.99 Å². The van der Waals surface area contributed by atoms with Crippen molar-refractivity contribution >= 4 is 6.21 Å². The lowest BCUT2D eigenvalue weighted by atomic mass is 10.3. The van der Waals surface area contributed by atoms with E-state index in [2.05, 4.69) is 16.6 Å². The van der Waals surface area contributed by atoms with Crippen molar-refractivity contribution in [3.8, 4) is 5.88 Å². The largest absolute Gasteiger partial charge is 0.494 e. The maximum Gasteiger partial charge on any atom is 0.331 e. The molecule has 0 radical (unpaired) electrons. The fourth-order valence-corrected chi connectivity index (χ4v) is 1.67. The van der Waals surface area contributed by atoms with Gasteiger partial charge >= 0.3 is 5.69 Å². The molecular weight excluding hydrogens is 260 g/mol. The molecule has 0 atom stereocenters. The number of quaternary nitrogens is 1. The molecule has 7 nitrogen and oxygen atoms in total. The number of hydrogen-bond acceptors (Lipinski definition) is 4. The van der Waals surface area contributed by atoms with E-state index in [1.54, 1.807) is 0 Å². The second-order valence-electron chi connectivity index (χ2n) is 4.74. The van der Waals surface area contributed by atoms with Crippen LogP contribution in [0.4, 0.5) is 0 Å². The maximum absolute atomic E-state index is 11.6. The molecule has 1 aromatic heterocycles. The molecular formula is C13H21N4O3+. The van der Waals surface area contributed by atoms with Crippen molar-refractivity contribution in [3.05, 3.63) is 39.1 Å². The quantitative estimate of drug-likeness (QED) is 0.319. The Bertz CT molecular complexity index is 599. The van der Waals surface area contributed by atoms with E-state index < -0.39 is 11.2 Å². The lowest BCUT2D eigenvalue weighted by molar-refractivity contribution is -0.858. The van der Waals surface area contributed by atoms with E-state index in [-0.39, 0.29) is 18.0 Å². The molecule has 0 aliphatic rings. The van der Waals surface area contributed by atoms with Gasteiger partial charge in [0.2, 0.25) is 5.88 Å². The summed E-state index contributed by atoms with van der Waals surface area (Å²) in [7, 11) is 4.09. The van der Waals surface area contributed by atoms with Crippen LogP contribution in [0.1, 0.15) is 12.0 Å². The lowest BCUT2D eigenvalue weighted by Gasteiger charge is -2.07. The summed E-state index contributed by atoms with van der Waals surface area (Å²) in [5.74, 6) is -0.388. The molecule has 1 heterocycles. The normalized spacial score (nSPS) is 11.3. The summed E-state index contributed by atoms with van der Waals surface area (Å²) in [5, 5.41) is 9.93. The van der Waals surface area contributed by atoms with E-state index in [1.165, 1.54) is 17.2 Å². The van der Waals surface area contributed by atoms with Gasteiger partial charge in [-0.25, -0.2) is 4.79 Å². The first-order valence-corrected chi connectivity index (χ1v) is 6.43. The summed E-state index contributed by atoms with van der Waals surface area (Å²) in [6, 6.07) is 0. The predicted octanol–water partition coefficient (Wildman–Crippen LogP) is -1.62. The van der Waals surface area contributed by atoms with E-state index in [9.17, 15) is 14.7 Å². The molecule has 20 heavy (non-hydrogen) atoms. The van der Waals surface area contributed by atoms with Gasteiger partial charge in [-0.05, 0) is 0 Å². The summed E-state index contributed by atoms with van der Waals surface area (Å²) in [6.07, 6.45) is 3.64. The molecule has 7 heteroatoms. The van der Waals surface area contributed by atoms with Crippen molar-refractivity contribution in [1.29, 1.82) is 0 Å². The first kappa shape index (κ1) is 15.9. The van der Waals surface area contributed by atoms with Crippen LogP contribution in [-0.4, -0.2) is 48.1 Å². The topological polar surface area (TPSA) is 91.9 Å². The molecule has 0 spiro atoms. The van der Waals surface area contributed by atoms with Gasteiger partial charge in [0.25, 0.3) is 5.56 Å². The van der Waals surface area contributed by atoms with Crippen molar-refractivity contribution in [2.45, 2.75) is 13.0 Å². The summed E-state index contributed by atoms with van der Waals surface area (Å²) >= 11 is 0. The van der Waals surface area contributed by atoms with Crippen LogP contribution >= 0.6 is 0 Å². The molecule has 1 rings (SSSR count). The zero-order valence-electron chi connectivity index (χ0n) is 11.8. The Labute approximate surface area is 116 Å². The smallest absolute Gasteiger partial charge is 0.331 e. The first-order chi connectivity index (χ1) is 9.47. The van der Waals surface area contributed by atoms with E-state index in [1.807, 2.05) is 14.1 Å². The number of allylic oxidation sites excluding steroid dienone is 1. The second-order valence-corrected chi connectivity index (χ2v) is 4.74. The molecule has 110 valence electrons. The number of hydrogen-bond donors (Lipinski definition) is 3. The maximum atomic E-state index is 11.6. The van der Waals surface area contributed by atoms with Crippen LogP contribution in [-0.2, 0) is 6.54 Å². The third-order valence-electron chi connectivity index (χ3n) is 2.70. The van der Waals surface area contributed by atoms with Gasteiger partial charge in [0.15, 0.2) is 0 Å². The van der Waals surface area contributed by atoms with Crippen molar-refractivity contribution in [1.82, 2.24) is 9.55 Å². The van der Waals surface area contributed by atoms with E-state index in [0.717, 1.165) is 17.5 Å². The van der Waals surface area contributed by atoms with Gasteiger partial charge in [-0.15, -0.1) is 6.58 Å². The first-order valence-electron chi connectivity index (χ1n) is 6.43. The highest BCUT2D eigenvalue weighted by atomic mass is 16.3. The third kappa shape index (κ3) is 4.20. The van der Waals surface area contributed by atoms with Crippen LogP contribution in [0.5, 0.6) is 5.88 Å². The van der Waals surface area contributed by atoms with Crippen LogP contribution in [0.3, 0.4) is 0 Å². The van der Waals surface area contributed by atoms with E-state index in [4.69, 9.17) is 0 Å². The fraction of sp³-hybridized carbons (Fsp3) is 0.462. The van der Waals surface area contributed by atoms with Crippen LogP contribution in [0.25, 0.3) is 0 Å². The van der Waals surface area contributed by atoms with Crippen LogP contribution < -0.4 is 16.1 Å². The van der Waals surface area contributed by atoms with Gasteiger partial charge in [0.05, 0.1) is 20.6 Å². The monoisotopic (exact) mass is 281 g/mol. The van der Waals surface area contributed by atoms with Gasteiger partial charge in [-0.1, -0.05) is 6.08 Å². The van der Waals surface area contributed by atoms with Gasteiger partial charge in [0.1, 0.15) is 5.56 Å². The molecule has 0 unspecified atom stereocenters. The zero-order chi connectivity index (χ0) is 15.1. The summed E-state index contributed by atoms with van der Waals surface area (Å²) in [4.78, 5) is 30.7. The molecule has 0 aliphatic heterocycles. The predicted molar refractivity (Wildman–Crippen MR) is 77.9 cm³/mol. The molecule has 1 aromatic rings. The minimum absolute atomic E-state index is 0.0105. The lowest BCUT2D eigenvalue weighted by Crippen LogP contribution is -3.05. The highest BCUT2D eigenvalue weighted by molar-refractivity contribution is 5.81. The summed E-state index contributed by atoms with van der Waals surface area (Å²) < 4.78 is 1.03. The Kier molecular flexibility index (Phi) is 5.92. The Morgan fingerprint density at radius 1 is 1.45 bits per heavy atom.